The van der Waals surface area contributed by atoms with Gasteiger partial charge in [0.25, 0.3) is 0 Å². The summed E-state index contributed by atoms with van der Waals surface area (Å²) in [5.41, 5.74) is 8.54. The number of hydrogen-bond acceptors (Lipinski definition) is 4. The van der Waals surface area contributed by atoms with Crippen LogP contribution in [-0.2, 0) is 25.8 Å². The van der Waals surface area contributed by atoms with Gasteiger partial charge in [0.15, 0.2) is 0 Å². The van der Waals surface area contributed by atoms with Crippen LogP contribution in [0.25, 0.3) is 82.6 Å². The molecule has 0 bridgehead atoms. The van der Waals surface area contributed by atoms with Gasteiger partial charge < -0.3 is 41.6 Å². The summed E-state index contributed by atoms with van der Waals surface area (Å²) in [6.07, 6.45) is 0.614. The standard InChI is InChI=1S/C51H38N2O4.C2H6N.CH3.Hf/c54-50-40(22-13-28-46(50)52-42-24-7-1-16-34(42)35-17-2-8-25-43(35)52)38-20-5-11-30-48(38)56-32-15-33-57-49-31-12-6-21-39(49)41-23-14-29-47(51(41)55)53-44-26-9-3-18-36(44)37-19-4-10-27-45(37)53;1-3-2;;/h1-14,16-31,54-55H,15,32-33H2;1-2H3;1H3;/q;2*-1;. The van der Waals surface area contributed by atoms with Gasteiger partial charge in [-0.1, -0.05) is 133 Å². The molecule has 0 aliphatic carbocycles. The minimum absolute atomic E-state index is 0. The van der Waals surface area contributed by atoms with Crippen LogP contribution >= 0.6 is 0 Å². The molecule has 0 saturated heterocycles. The Morgan fingerprint density at radius 1 is 0.403 bits per heavy atom. The molecule has 10 aromatic rings. The molecule has 2 heterocycles. The van der Waals surface area contributed by atoms with E-state index in [4.69, 9.17) is 9.47 Å². The molecule has 8 aromatic carbocycles. The molecule has 62 heavy (non-hydrogen) atoms. The van der Waals surface area contributed by atoms with Crippen LogP contribution in [0.15, 0.2) is 182 Å². The number of aromatic nitrogens is 2. The Morgan fingerprint density at radius 3 is 1.05 bits per heavy atom. The molecule has 0 spiro atoms. The predicted octanol–water partition coefficient (Wildman–Crippen LogP) is 13.5. The maximum Gasteiger partial charge on any atom is 0.147 e. The van der Waals surface area contributed by atoms with Crippen molar-refractivity contribution < 1.29 is 45.5 Å². The Bertz CT molecular complexity index is 2820. The maximum absolute atomic E-state index is 11.9. The van der Waals surface area contributed by atoms with E-state index in [-0.39, 0.29) is 44.8 Å². The molecule has 2 aromatic heterocycles. The summed E-state index contributed by atoms with van der Waals surface area (Å²) in [7, 11) is 3.50. The zero-order chi connectivity index (χ0) is 41.0. The number of phenols is 2. The Balaban J connectivity index is 0.00000112. The number of ether oxygens (including phenoxy) is 2. The zero-order valence-electron chi connectivity index (χ0n) is 35.0. The van der Waals surface area contributed by atoms with E-state index in [1.165, 1.54) is 0 Å². The minimum atomic E-state index is 0. The topological polar surface area (TPSA) is 82.9 Å². The van der Waals surface area contributed by atoms with Gasteiger partial charge in [-0.2, -0.15) is 14.1 Å². The van der Waals surface area contributed by atoms with Crippen LogP contribution in [0, 0.1) is 7.43 Å². The molecule has 0 amide bonds. The third-order valence-electron chi connectivity index (χ3n) is 10.8. The molecule has 2 N–H and O–H groups in total. The van der Waals surface area contributed by atoms with Crippen LogP contribution in [0.4, 0.5) is 0 Å². The normalized spacial score (nSPS) is 10.9. The molecule has 0 unspecified atom stereocenters. The number of benzene rings is 8. The van der Waals surface area contributed by atoms with E-state index in [0.29, 0.717) is 53.6 Å². The smallest absolute Gasteiger partial charge is 0.147 e. The van der Waals surface area contributed by atoms with Gasteiger partial charge in [0.05, 0.1) is 46.7 Å². The molecule has 0 aliphatic heterocycles. The number of phenolic OH excluding ortho intramolecular Hbond substituents is 2. The second-order valence-corrected chi connectivity index (χ2v) is 14.6. The van der Waals surface area contributed by atoms with Gasteiger partial charge in [-0.15, -0.1) is 0 Å². The van der Waals surface area contributed by atoms with Crippen molar-refractivity contribution in [1.82, 2.24) is 9.13 Å². The molecule has 0 atom stereocenters. The molecule has 0 fully saturated rings. The molecule has 8 heteroatoms. The van der Waals surface area contributed by atoms with Crippen molar-refractivity contribution in [2.45, 2.75) is 6.42 Å². The summed E-state index contributed by atoms with van der Waals surface area (Å²) in [6, 6.07) is 60.5. The molecular formula is C54H47HfN3O4-2. The van der Waals surface area contributed by atoms with E-state index in [1.54, 1.807) is 14.1 Å². The largest absolute Gasteiger partial charge is 0.668 e. The van der Waals surface area contributed by atoms with Crippen LogP contribution in [0.2, 0.25) is 0 Å². The first-order chi connectivity index (χ1) is 29.6. The first-order valence-corrected chi connectivity index (χ1v) is 20.1. The second kappa shape index (κ2) is 19.4. The summed E-state index contributed by atoms with van der Waals surface area (Å²) in [5.74, 6) is 1.73. The number of rotatable bonds is 10. The first-order valence-electron chi connectivity index (χ1n) is 20.1. The van der Waals surface area contributed by atoms with E-state index in [2.05, 4.69) is 63.0 Å². The Hall–Kier alpha value is -6.61. The zero-order valence-corrected chi connectivity index (χ0v) is 38.6. The average molecular weight is 980 g/mol. The number of fused-ring (bicyclic) bond motifs is 6. The van der Waals surface area contributed by atoms with E-state index >= 15 is 0 Å². The van der Waals surface area contributed by atoms with Crippen LogP contribution in [0.5, 0.6) is 23.0 Å². The van der Waals surface area contributed by atoms with Gasteiger partial charge in [0.1, 0.15) is 23.0 Å². The van der Waals surface area contributed by atoms with E-state index in [0.717, 1.165) is 54.7 Å². The van der Waals surface area contributed by atoms with E-state index < -0.39 is 0 Å². The van der Waals surface area contributed by atoms with Gasteiger partial charge in [-0.25, -0.2) is 0 Å². The molecule has 0 saturated carbocycles. The Kier molecular flexibility index (Phi) is 13.6. The number of nitrogens with zero attached hydrogens (tertiary/aromatic N) is 3. The van der Waals surface area contributed by atoms with Crippen LogP contribution in [0.3, 0.4) is 0 Å². The third-order valence-corrected chi connectivity index (χ3v) is 10.8. The van der Waals surface area contributed by atoms with Crippen molar-refractivity contribution in [3.63, 3.8) is 0 Å². The number of hydrogen-bond donors (Lipinski definition) is 2. The van der Waals surface area contributed by atoms with Crippen molar-refractivity contribution in [1.29, 1.82) is 0 Å². The fourth-order valence-corrected chi connectivity index (χ4v) is 8.28. The monoisotopic (exact) mass is 981 g/mol. The van der Waals surface area contributed by atoms with Crippen LogP contribution in [-0.4, -0.2) is 46.7 Å². The second-order valence-electron chi connectivity index (χ2n) is 14.6. The molecule has 10 rings (SSSR count). The SMILES string of the molecule is C[N-]C.Oc1c(-c2ccccc2OCCCOc2ccccc2-c2cccc(-n3c4ccccc4c4ccccc43)c2O)cccc1-n1c2ccccc2c2ccccc21.[CH3-].[Hf]. The van der Waals surface area contributed by atoms with Crippen LogP contribution < -0.4 is 9.47 Å². The van der Waals surface area contributed by atoms with Gasteiger partial charge >= 0.3 is 0 Å². The van der Waals surface area contributed by atoms with Crippen molar-refractivity contribution in [2.24, 2.45) is 0 Å². The Labute approximate surface area is 381 Å². The van der Waals surface area contributed by atoms with Crippen molar-refractivity contribution >= 4 is 43.6 Å². The van der Waals surface area contributed by atoms with Gasteiger partial charge in [0, 0.05) is 76.1 Å². The van der Waals surface area contributed by atoms with Gasteiger partial charge in [0.2, 0.25) is 0 Å². The van der Waals surface area contributed by atoms with Crippen molar-refractivity contribution in [3.05, 3.63) is 195 Å². The van der Waals surface area contributed by atoms with Crippen molar-refractivity contribution in [2.75, 3.05) is 27.3 Å². The molecule has 0 aliphatic rings. The maximum atomic E-state index is 11.9. The van der Waals surface area contributed by atoms with Gasteiger partial charge in [-0.3, -0.25) is 0 Å². The molecule has 7 nitrogen and oxygen atoms in total. The summed E-state index contributed by atoms with van der Waals surface area (Å²) in [5, 5.41) is 31.8. The molecular weight excluding hydrogens is 933 g/mol. The fraction of sp³-hybridized carbons (Fsp3) is 0.0926. The minimum Gasteiger partial charge on any atom is -0.668 e. The first kappa shape index (κ1) is 43.5. The average Bonchev–Trinajstić information content (AvgIpc) is 3.80. The molecule has 0 radical (unpaired) electrons. The van der Waals surface area contributed by atoms with E-state index in [9.17, 15) is 10.2 Å². The third kappa shape index (κ3) is 7.99. The van der Waals surface area contributed by atoms with Crippen molar-refractivity contribution in [3.8, 4) is 56.6 Å². The van der Waals surface area contributed by atoms with E-state index in [1.807, 2.05) is 133 Å². The predicted molar refractivity (Wildman–Crippen MR) is 253 cm³/mol. The van der Waals surface area contributed by atoms with Gasteiger partial charge in [-0.05, 0) is 48.5 Å². The fourth-order valence-electron chi connectivity index (χ4n) is 8.28. The summed E-state index contributed by atoms with van der Waals surface area (Å²) in [6.45, 7) is 0.808. The number of aromatic hydroxyl groups is 2. The molecule has 308 valence electrons. The van der Waals surface area contributed by atoms with Crippen LogP contribution in [0.1, 0.15) is 6.42 Å². The number of para-hydroxylation sites is 8. The quantitative estimate of drug-likeness (QED) is 0.0812. The summed E-state index contributed by atoms with van der Waals surface area (Å²) in [4.78, 5) is 0. The summed E-state index contributed by atoms with van der Waals surface area (Å²) >= 11 is 0. The Morgan fingerprint density at radius 2 is 0.694 bits per heavy atom. The summed E-state index contributed by atoms with van der Waals surface area (Å²) < 4.78 is 17.0.